The summed E-state index contributed by atoms with van der Waals surface area (Å²) in [5, 5.41) is 8.94. The van der Waals surface area contributed by atoms with Crippen molar-refractivity contribution in [2.75, 3.05) is 0 Å². The number of pyridine rings is 1. The van der Waals surface area contributed by atoms with Gasteiger partial charge in [0, 0.05) is 16.9 Å². The van der Waals surface area contributed by atoms with E-state index >= 15 is 0 Å². The van der Waals surface area contributed by atoms with Crippen LogP contribution in [0.15, 0.2) is 52.1 Å². The Morgan fingerprint density at radius 3 is 2.65 bits per heavy atom. The molecule has 0 aliphatic rings. The van der Waals surface area contributed by atoms with E-state index in [-0.39, 0.29) is 16.2 Å². The van der Waals surface area contributed by atoms with Crippen molar-refractivity contribution >= 4 is 31.7 Å². The molecule has 0 fully saturated rings. The van der Waals surface area contributed by atoms with Gasteiger partial charge in [0.25, 0.3) is 0 Å². The first-order valence-corrected chi connectivity index (χ1v) is 7.99. The van der Waals surface area contributed by atoms with Crippen LogP contribution >= 0.6 is 15.9 Å². The van der Waals surface area contributed by atoms with Crippen LogP contribution in [0.2, 0.25) is 0 Å². The summed E-state index contributed by atoms with van der Waals surface area (Å²) in [5.74, 6) is -1.40. The first kappa shape index (κ1) is 14.7. The molecule has 20 heavy (non-hydrogen) atoms. The van der Waals surface area contributed by atoms with E-state index in [0.717, 1.165) is 6.07 Å². The maximum absolute atomic E-state index is 12.3. The molecule has 0 radical (unpaired) electrons. The maximum atomic E-state index is 12.3. The molecule has 104 valence electrons. The molecule has 1 aromatic carbocycles. The number of rotatable bonds is 4. The lowest BCUT2D eigenvalue weighted by Gasteiger charge is -2.07. The number of halogens is 1. The predicted molar refractivity (Wildman–Crippen MR) is 76.2 cm³/mol. The number of carbonyl (C=O) groups is 1. The second kappa shape index (κ2) is 5.72. The highest BCUT2D eigenvalue weighted by Crippen LogP contribution is 2.26. The zero-order chi connectivity index (χ0) is 14.8. The molecule has 0 bridgehead atoms. The van der Waals surface area contributed by atoms with Gasteiger partial charge in [0.1, 0.15) is 0 Å². The van der Waals surface area contributed by atoms with Crippen LogP contribution in [0, 0.1) is 0 Å². The summed E-state index contributed by atoms with van der Waals surface area (Å²) >= 11 is 3.14. The lowest BCUT2D eigenvalue weighted by molar-refractivity contribution is 0.0696. The quantitative estimate of drug-likeness (QED) is 0.910. The van der Waals surface area contributed by atoms with E-state index in [1.807, 2.05) is 0 Å². The molecule has 1 N–H and O–H groups in total. The van der Waals surface area contributed by atoms with Crippen LogP contribution in [0.25, 0.3) is 0 Å². The van der Waals surface area contributed by atoms with E-state index in [1.165, 1.54) is 18.3 Å². The zero-order valence-electron chi connectivity index (χ0n) is 10.2. The summed E-state index contributed by atoms with van der Waals surface area (Å²) in [5.41, 5.74) is 0.470. The standard InChI is InChI=1S/C13H10BrNO4S/c14-11-4-3-10(13(16)17)6-12(11)20(18,19)8-9-2-1-5-15-7-9/h1-7H,8H2,(H,16,17). The van der Waals surface area contributed by atoms with Crippen molar-refractivity contribution in [3.63, 3.8) is 0 Å². The summed E-state index contributed by atoms with van der Waals surface area (Å²) in [6, 6.07) is 7.21. The van der Waals surface area contributed by atoms with Gasteiger partial charge in [0.15, 0.2) is 9.84 Å². The van der Waals surface area contributed by atoms with Crippen molar-refractivity contribution in [3.05, 3.63) is 58.3 Å². The highest BCUT2D eigenvalue weighted by atomic mass is 79.9. The van der Waals surface area contributed by atoms with Gasteiger partial charge in [0.2, 0.25) is 0 Å². The van der Waals surface area contributed by atoms with Crippen molar-refractivity contribution in [1.82, 2.24) is 4.98 Å². The van der Waals surface area contributed by atoms with E-state index < -0.39 is 15.8 Å². The second-order valence-corrected chi connectivity index (χ2v) is 6.88. The second-order valence-electron chi connectivity index (χ2n) is 4.07. The third-order valence-corrected chi connectivity index (χ3v) is 5.27. The van der Waals surface area contributed by atoms with Gasteiger partial charge in [0.05, 0.1) is 16.2 Å². The number of aromatic carboxylic acids is 1. The summed E-state index contributed by atoms with van der Waals surface area (Å²) in [6.07, 6.45) is 3.02. The monoisotopic (exact) mass is 355 g/mol. The fourth-order valence-corrected chi connectivity index (χ4v) is 4.08. The molecule has 7 heteroatoms. The number of carboxylic acid groups (broad SMARTS) is 1. The zero-order valence-corrected chi connectivity index (χ0v) is 12.6. The van der Waals surface area contributed by atoms with Crippen LogP contribution < -0.4 is 0 Å². The lowest BCUT2D eigenvalue weighted by Crippen LogP contribution is -2.08. The maximum Gasteiger partial charge on any atom is 0.335 e. The summed E-state index contributed by atoms with van der Waals surface area (Å²) in [4.78, 5) is 14.7. The third-order valence-electron chi connectivity index (χ3n) is 2.59. The van der Waals surface area contributed by atoms with Gasteiger partial charge in [-0.2, -0.15) is 0 Å². The fourth-order valence-electron chi connectivity index (χ4n) is 1.66. The molecule has 0 spiro atoms. The number of hydrogen-bond donors (Lipinski definition) is 1. The highest BCUT2D eigenvalue weighted by molar-refractivity contribution is 9.10. The van der Waals surface area contributed by atoms with Crippen molar-refractivity contribution in [3.8, 4) is 0 Å². The summed E-state index contributed by atoms with van der Waals surface area (Å²) in [6.45, 7) is 0. The fraction of sp³-hybridized carbons (Fsp3) is 0.0769. The molecular weight excluding hydrogens is 346 g/mol. The van der Waals surface area contributed by atoms with Crippen LogP contribution in [0.1, 0.15) is 15.9 Å². The minimum Gasteiger partial charge on any atom is -0.478 e. The van der Waals surface area contributed by atoms with E-state index in [9.17, 15) is 13.2 Å². The summed E-state index contributed by atoms with van der Waals surface area (Å²) < 4.78 is 25.0. The molecule has 2 rings (SSSR count). The Balaban J connectivity index is 2.44. The Bertz CT molecular complexity index is 744. The largest absolute Gasteiger partial charge is 0.478 e. The predicted octanol–water partition coefficient (Wildman–Crippen LogP) is 2.52. The van der Waals surface area contributed by atoms with Gasteiger partial charge in [-0.05, 0) is 45.8 Å². The molecule has 5 nitrogen and oxygen atoms in total. The Kier molecular flexibility index (Phi) is 4.20. The van der Waals surface area contributed by atoms with E-state index in [1.54, 1.807) is 18.3 Å². The van der Waals surface area contributed by atoms with Crippen LogP contribution in [0.4, 0.5) is 0 Å². The Labute approximate surface area is 124 Å². The molecule has 0 aliphatic carbocycles. The van der Waals surface area contributed by atoms with Crippen molar-refractivity contribution in [1.29, 1.82) is 0 Å². The summed E-state index contributed by atoms with van der Waals surface area (Å²) in [7, 11) is -3.65. The normalized spacial score (nSPS) is 11.2. The van der Waals surface area contributed by atoms with E-state index in [0.29, 0.717) is 10.0 Å². The molecule has 0 amide bonds. The molecule has 0 saturated carbocycles. The molecule has 0 aliphatic heterocycles. The van der Waals surface area contributed by atoms with Gasteiger partial charge >= 0.3 is 5.97 Å². The molecule has 0 unspecified atom stereocenters. The van der Waals surface area contributed by atoms with Gasteiger partial charge in [-0.1, -0.05) is 6.07 Å². The molecule has 0 saturated heterocycles. The SMILES string of the molecule is O=C(O)c1ccc(Br)c(S(=O)(=O)Cc2cccnc2)c1. The minimum absolute atomic E-state index is 0.0405. The molecular formula is C13H10BrNO4S. The molecule has 1 aromatic heterocycles. The van der Waals surface area contributed by atoms with Crippen molar-refractivity contribution in [2.45, 2.75) is 10.6 Å². The van der Waals surface area contributed by atoms with E-state index in [2.05, 4.69) is 20.9 Å². The number of hydrogen-bond acceptors (Lipinski definition) is 4. The number of benzene rings is 1. The third kappa shape index (κ3) is 3.23. The van der Waals surface area contributed by atoms with Crippen LogP contribution in [-0.4, -0.2) is 24.5 Å². The van der Waals surface area contributed by atoms with Crippen molar-refractivity contribution < 1.29 is 18.3 Å². The van der Waals surface area contributed by atoms with Crippen LogP contribution in [0.3, 0.4) is 0 Å². The number of nitrogens with zero attached hydrogens (tertiary/aromatic N) is 1. The van der Waals surface area contributed by atoms with Gasteiger partial charge in [-0.15, -0.1) is 0 Å². The molecule has 0 atom stereocenters. The van der Waals surface area contributed by atoms with E-state index in [4.69, 9.17) is 5.11 Å². The van der Waals surface area contributed by atoms with Gasteiger partial charge in [-0.25, -0.2) is 13.2 Å². The minimum atomic E-state index is -3.65. The number of sulfone groups is 1. The van der Waals surface area contributed by atoms with Crippen LogP contribution in [0.5, 0.6) is 0 Å². The Morgan fingerprint density at radius 1 is 1.30 bits per heavy atom. The first-order chi connectivity index (χ1) is 9.40. The van der Waals surface area contributed by atoms with Crippen molar-refractivity contribution in [2.24, 2.45) is 0 Å². The average molecular weight is 356 g/mol. The average Bonchev–Trinajstić information content (AvgIpc) is 2.39. The van der Waals surface area contributed by atoms with Crippen LogP contribution in [-0.2, 0) is 15.6 Å². The highest BCUT2D eigenvalue weighted by Gasteiger charge is 2.20. The smallest absolute Gasteiger partial charge is 0.335 e. The number of carboxylic acids is 1. The van der Waals surface area contributed by atoms with Gasteiger partial charge in [-0.3, -0.25) is 4.98 Å². The lowest BCUT2D eigenvalue weighted by atomic mass is 10.2. The first-order valence-electron chi connectivity index (χ1n) is 5.54. The molecule has 1 heterocycles. The Hall–Kier alpha value is -1.73. The molecule has 2 aromatic rings. The Morgan fingerprint density at radius 2 is 2.05 bits per heavy atom. The topological polar surface area (TPSA) is 84.3 Å². The van der Waals surface area contributed by atoms with Gasteiger partial charge < -0.3 is 5.11 Å². The number of aromatic nitrogens is 1.